The van der Waals surface area contributed by atoms with Crippen LogP contribution in [0, 0.1) is 23.7 Å². The number of carbonyl (C=O) groups excluding carboxylic acids is 4. The first-order chi connectivity index (χ1) is 44.6. The molecule has 0 spiro atoms. The van der Waals surface area contributed by atoms with Gasteiger partial charge in [0.25, 0.3) is 0 Å². The highest BCUT2D eigenvalue weighted by molar-refractivity contribution is 7.47. The van der Waals surface area contributed by atoms with Gasteiger partial charge in [0.15, 0.2) is 12.2 Å². The van der Waals surface area contributed by atoms with Gasteiger partial charge in [0.05, 0.1) is 26.4 Å². The maximum Gasteiger partial charge on any atom is 0.472 e. The summed E-state index contributed by atoms with van der Waals surface area (Å²) in [6, 6.07) is 0. The van der Waals surface area contributed by atoms with Crippen LogP contribution in [-0.4, -0.2) is 96.7 Å². The van der Waals surface area contributed by atoms with Crippen molar-refractivity contribution >= 4 is 39.5 Å². The normalized spacial score (nSPS) is 14.5. The maximum atomic E-state index is 13.0. The summed E-state index contributed by atoms with van der Waals surface area (Å²) >= 11 is 0. The minimum Gasteiger partial charge on any atom is -0.462 e. The van der Waals surface area contributed by atoms with E-state index < -0.39 is 97.5 Å². The summed E-state index contributed by atoms with van der Waals surface area (Å²) in [6.07, 6.45) is 47.2. The van der Waals surface area contributed by atoms with E-state index in [-0.39, 0.29) is 25.7 Å². The Morgan fingerprint density at radius 1 is 0.301 bits per heavy atom. The average Bonchev–Trinajstić information content (AvgIpc) is 2.02. The van der Waals surface area contributed by atoms with E-state index in [1.807, 2.05) is 0 Å². The highest BCUT2D eigenvalue weighted by Crippen LogP contribution is 2.45. The minimum absolute atomic E-state index is 0.105. The number of carbonyl (C=O) groups is 4. The zero-order valence-corrected chi connectivity index (χ0v) is 62.7. The maximum absolute atomic E-state index is 13.0. The lowest BCUT2D eigenvalue weighted by atomic mass is 9.99. The van der Waals surface area contributed by atoms with Crippen molar-refractivity contribution in [1.29, 1.82) is 0 Å². The summed E-state index contributed by atoms with van der Waals surface area (Å²) in [5.41, 5.74) is 0. The molecule has 0 aliphatic heterocycles. The Morgan fingerprint density at radius 3 is 0.763 bits per heavy atom. The van der Waals surface area contributed by atoms with Crippen LogP contribution in [0.5, 0.6) is 0 Å². The molecule has 6 atom stereocenters. The predicted octanol–water partition coefficient (Wildman–Crippen LogP) is 21.3. The molecule has 0 bridgehead atoms. The van der Waals surface area contributed by atoms with Gasteiger partial charge < -0.3 is 33.8 Å². The minimum atomic E-state index is -4.96. The number of phosphoric acid groups is 2. The van der Waals surface area contributed by atoms with Gasteiger partial charge in [-0.25, -0.2) is 9.13 Å². The van der Waals surface area contributed by atoms with Crippen molar-refractivity contribution in [3.8, 4) is 0 Å². The van der Waals surface area contributed by atoms with Crippen LogP contribution in [0.3, 0.4) is 0 Å². The van der Waals surface area contributed by atoms with E-state index in [1.54, 1.807) is 0 Å². The average molecular weight is 1370 g/mol. The fraction of sp³-hybridized carbons (Fsp3) is 0.946. The number of rotatable bonds is 71. The van der Waals surface area contributed by atoms with E-state index in [0.717, 1.165) is 114 Å². The summed E-state index contributed by atoms with van der Waals surface area (Å²) in [7, 11) is -9.91. The second-order valence-electron chi connectivity index (χ2n) is 28.4. The molecule has 0 amide bonds. The van der Waals surface area contributed by atoms with Gasteiger partial charge >= 0.3 is 39.5 Å². The molecule has 17 nitrogen and oxygen atoms in total. The van der Waals surface area contributed by atoms with Gasteiger partial charge in [-0.3, -0.25) is 37.3 Å². The number of aliphatic hydroxyl groups excluding tert-OH is 1. The molecule has 19 heteroatoms. The third-order valence-corrected chi connectivity index (χ3v) is 19.3. The largest absolute Gasteiger partial charge is 0.472 e. The van der Waals surface area contributed by atoms with Crippen molar-refractivity contribution in [2.24, 2.45) is 23.7 Å². The molecular weight excluding hydrogens is 1220 g/mol. The molecule has 0 radical (unpaired) electrons. The Morgan fingerprint density at radius 2 is 0.516 bits per heavy atom. The quantitative estimate of drug-likeness (QED) is 0.0222. The molecule has 0 aromatic heterocycles. The number of phosphoric ester groups is 2. The highest BCUT2D eigenvalue weighted by Gasteiger charge is 2.30. The predicted molar refractivity (Wildman–Crippen MR) is 377 cm³/mol. The molecule has 0 fully saturated rings. The van der Waals surface area contributed by atoms with Gasteiger partial charge in [0.1, 0.15) is 19.3 Å². The summed E-state index contributed by atoms with van der Waals surface area (Å²) in [6.45, 7) is 14.1. The Hall–Kier alpha value is -1.94. The van der Waals surface area contributed by atoms with E-state index in [9.17, 15) is 43.2 Å². The van der Waals surface area contributed by atoms with E-state index >= 15 is 0 Å². The van der Waals surface area contributed by atoms with E-state index in [4.69, 9.17) is 37.0 Å². The van der Waals surface area contributed by atoms with Crippen LogP contribution < -0.4 is 0 Å². The molecule has 0 heterocycles. The Kier molecular flexibility index (Phi) is 62.2. The van der Waals surface area contributed by atoms with Crippen LogP contribution in [0.2, 0.25) is 0 Å². The molecular formula is C74H144O17P2. The number of ether oxygens (including phenoxy) is 4. The van der Waals surface area contributed by atoms with E-state index in [1.165, 1.54) is 167 Å². The van der Waals surface area contributed by atoms with Crippen LogP contribution in [0.25, 0.3) is 0 Å². The second-order valence-corrected chi connectivity index (χ2v) is 31.3. The lowest BCUT2D eigenvalue weighted by Crippen LogP contribution is -2.30. The van der Waals surface area contributed by atoms with Crippen molar-refractivity contribution in [1.82, 2.24) is 0 Å². The Labute approximate surface area is 568 Å². The molecule has 93 heavy (non-hydrogen) atoms. The molecule has 4 unspecified atom stereocenters. The fourth-order valence-electron chi connectivity index (χ4n) is 11.2. The number of hydrogen-bond acceptors (Lipinski definition) is 15. The van der Waals surface area contributed by atoms with Crippen LogP contribution >= 0.6 is 15.6 Å². The monoisotopic (exact) mass is 1370 g/mol. The lowest BCUT2D eigenvalue weighted by Gasteiger charge is -2.21. The van der Waals surface area contributed by atoms with Crippen molar-refractivity contribution in [3.63, 3.8) is 0 Å². The zero-order valence-electron chi connectivity index (χ0n) is 60.9. The SMILES string of the molecule is CCC(C)CCCCCCCCCCC(=O)OC[C@H](COP(=O)(O)OCC(O)COP(=O)(O)OC[C@@H](COC(=O)CCCCCCCCCC(C)C)OC(=O)CCCCCCCCCCCCCCCCCC(C)C)OC(=O)CCCCCCCCCCCCC(C)C. The first-order valence-electron chi connectivity index (χ1n) is 38.2. The smallest absolute Gasteiger partial charge is 0.462 e. The Bertz CT molecular complexity index is 1840. The topological polar surface area (TPSA) is 237 Å². The molecule has 3 N–H and O–H groups in total. The number of esters is 4. The van der Waals surface area contributed by atoms with Crippen molar-refractivity contribution in [2.45, 2.75) is 388 Å². The molecule has 0 rings (SSSR count). The van der Waals surface area contributed by atoms with Gasteiger partial charge in [0.2, 0.25) is 0 Å². The van der Waals surface area contributed by atoms with Crippen LogP contribution in [-0.2, 0) is 65.4 Å². The van der Waals surface area contributed by atoms with Crippen molar-refractivity contribution in [3.05, 3.63) is 0 Å². The summed E-state index contributed by atoms with van der Waals surface area (Å²) in [4.78, 5) is 72.7. The van der Waals surface area contributed by atoms with Crippen molar-refractivity contribution < 1.29 is 80.2 Å². The first kappa shape index (κ1) is 91.1. The van der Waals surface area contributed by atoms with Crippen molar-refractivity contribution in [2.75, 3.05) is 39.6 Å². The summed E-state index contributed by atoms with van der Waals surface area (Å²) in [5.74, 6) is 0.912. The zero-order chi connectivity index (χ0) is 68.9. The first-order valence-corrected chi connectivity index (χ1v) is 41.2. The Balaban J connectivity index is 5.24. The lowest BCUT2D eigenvalue weighted by molar-refractivity contribution is -0.161. The number of unbranched alkanes of at least 4 members (excludes halogenated alkanes) is 36. The van der Waals surface area contributed by atoms with Gasteiger partial charge in [-0.15, -0.1) is 0 Å². The van der Waals surface area contributed by atoms with E-state index in [0.29, 0.717) is 31.6 Å². The van der Waals surface area contributed by atoms with Gasteiger partial charge in [0, 0.05) is 25.7 Å². The highest BCUT2D eigenvalue weighted by atomic mass is 31.2. The molecule has 0 saturated carbocycles. The van der Waals surface area contributed by atoms with Gasteiger partial charge in [-0.2, -0.15) is 0 Å². The summed E-state index contributed by atoms with van der Waals surface area (Å²) < 4.78 is 68.4. The van der Waals surface area contributed by atoms with Crippen LogP contribution in [0.1, 0.15) is 370 Å². The molecule has 0 aromatic rings. The molecule has 0 aliphatic rings. The molecule has 0 saturated heterocycles. The van der Waals surface area contributed by atoms with Gasteiger partial charge in [-0.05, 0) is 49.4 Å². The van der Waals surface area contributed by atoms with Crippen LogP contribution in [0.15, 0.2) is 0 Å². The fourth-order valence-corrected chi connectivity index (χ4v) is 12.7. The number of aliphatic hydroxyl groups is 1. The third kappa shape index (κ3) is 67.0. The third-order valence-electron chi connectivity index (χ3n) is 17.4. The summed E-state index contributed by atoms with van der Waals surface area (Å²) in [5, 5.41) is 10.6. The van der Waals surface area contributed by atoms with E-state index in [2.05, 4.69) is 55.4 Å². The number of hydrogen-bond donors (Lipinski definition) is 3. The standard InChI is InChI=1S/C74H144O17P2/c1-9-67(8)53-45-37-29-23-24-30-38-46-54-71(76)84-60-69(90-74(79)57-49-41-32-22-18-17-20-27-35-43-51-65(4)5)62-88-92(80,81)86-58-68(75)59-87-93(82,83)89-63-70(61-85-72(77)55-47-39-33-25-28-36-44-52-66(6)7)91-73(78)56-48-40-31-21-16-14-12-10-11-13-15-19-26-34-42-50-64(2)3/h64-70,75H,9-63H2,1-8H3,(H,80,81)(H,82,83)/t67?,68?,69-,70-/m1/s1. The molecule has 552 valence electrons. The van der Waals surface area contributed by atoms with Gasteiger partial charge in [-0.1, -0.05) is 319 Å². The second kappa shape index (κ2) is 63.5. The van der Waals surface area contributed by atoms with Crippen LogP contribution in [0.4, 0.5) is 0 Å². The molecule has 0 aliphatic carbocycles. The molecule has 0 aromatic carbocycles.